The number of pyridine rings is 1. The van der Waals surface area contributed by atoms with E-state index in [1.165, 1.54) is 6.07 Å². The zero-order chi connectivity index (χ0) is 16.5. The SMILES string of the molecule is CCCCC(=O)N(CCc1ccccc1F)Cc1cccnc1. The molecule has 0 aliphatic rings. The first kappa shape index (κ1) is 17.1. The monoisotopic (exact) mass is 314 g/mol. The number of nitrogens with zero attached hydrogens (tertiary/aromatic N) is 2. The molecule has 1 amide bonds. The van der Waals surface area contributed by atoms with E-state index in [4.69, 9.17) is 0 Å². The van der Waals surface area contributed by atoms with Crippen molar-refractivity contribution in [2.24, 2.45) is 0 Å². The normalized spacial score (nSPS) is 10.5. The molecule has 1 aromatic carbocycles. The Balaban J connectivity index is 2.03. The molecule has 0 saturated heterocycles. The number of carbonyl (C=O) groups is 1. The van der Waals surface area contributed by atoms with E-state index in [0.29, 0.717) is 31.5 Å². The molecular formula is C19H23FN2O. The summed E-state index contributed by atoms with van der Waals surface area (Å²) in [4.78, 5) is 18.3. The summed E-state index contributed by atoms with van der Waals surface area (Å²) < 4.78 is 13.8. The number of aromatic nitrogens is 1. The second-order valence-electron chi connectivity index (χ2n) is 5.62. The minimum Gasteiger partial charge on any atom is -0.338 e. The fraction of sp³-hybridized carbons (Fsp3) is 0.368. The van der Waals surface area contributed by atoms with Crippen LogP contribution in [0, 0.1) is 5.82 Å². The van der Waals surface area contributed by atoms with Crippen molar-refractivity contribution in [3.63, 3.8) is 0 Å². The third-order valence-electron chi connectivity index (χ3n) is 3.80. The van der Waals surface area contributed by atoms with E-state index in [1.807, 2.05) is 18.2 Å². The van der Waals surface area contributed by atoms with Crippen molar-refractivity contribution >= 4 is 5.91 Å². The van der Waals surface area contributed by atoms with Gasteiger partial charge in [-0.1, -0.05) is 37.6 Å². The lowest BCUT2D eigenvalue weighted by Gasteiger charge is -2.23. The van der Waals surface area contributed by atoms with Gasteiger partial charge in [-0.2, -0.15) is 0 Å². The standard InChI is InChI=1S/C19H23FN2O/c1-2-3-10-19(23)22(15-16-7-6-12-21-14-16)13-11-17-8-4-5-9-18(17)20/h4-9,12,14H,2-3,10-11,13,15H2,1H3. The van der Waals surface area contributed by atoms with Gasteiger partial charge in [0.1, 0.15) is 5.82 Å². The van der Waals surface area contributed by atoms with Crippen molar-refractivity contribution in [1.82, 2.24) is 9.88 Å². The lowest BCUT2D eigenvalue weighted by molar-refractivity contribution is -0.131. The molecule has 2 rings (SSSR count). The molecule has 3 nitrogen and oxygen atoms in total. The van der Waals surface area contributed by atoms with Gasteiger partial charge in [0.25, 0.3) is 0 Å². The Hall–Kier alpha value is -2.23. The summed E-state index contributed by atoms with van der Waals surface area (Å²) in [5.74, 6) is -0.0955. The smallest absolute Gasteiger partial charge is 0.222 e. The van der Waals surface area contributed by atoms with Crippen molar-refractivity contribution < 1.29 is 9.18 Å². The van der Waals surface area contributed by atoms with Gasteiger partial charge in [-0.15, -0.1) is 0 Å². The summed E-state index contributed by atoms with van der Waals surface area (Å²) in [5, 5.41) is 0. The van der Waals surface area contributed by atoms with Gasteiger partial charge in [-0.25, -0.2) is 4.39 Å². The second kappa shape index (κ2) is 9.03. The van der Waals surface area contributed by atoms with Crippen molar-refractivity contribution in [3.05, 3.63) is 65.7 Å². The zero-order valence-electron chi connectivity index (χ0n) is 13.5. The minimum atomic E-state index is -0.213. The largest absolute Gasteiger partial charge is 0.338 e. The number of unbranched alkanes of at least 4 members (excludes halogenated alkanes) is 1. The summed E-state index contributed by atoms with van der Waals surface area (Å²) in [6, 6.07) is 10.5. The van der Waals surface area contributed by atoms with Gasteiger partial charge in [0, 0.05) is 31.9 Å². The van der Waals surface area contributed by atoms with E-state index < -0.39 is 0 Å². The van der Waals surface area contributed by atoms with E-state index in [-0.39, 0.29) is 11.7 Å². The van der Waals surface area contributed by atoms with Crippen LogP contribution in [0.5, 0.6) is 0 Å². The average molecular weight is 314 g/mol. The van der Waals surface area contributed by atoms with Crippen LogP contribution in [-0.4, -0.2) is 22.3 Å². The molecule has 0 saturated carbocycles. The summed E-state index contributed by atoms with van der Waals surface area (Å²) in [7, 11) is 0. The number of carbonyl (C=O) groups excluding carboxylic acids is 1. The van der Waals surface area contributed by atoms with Gasteiger partial charge in [0.05, 0.1) is 0 Å². The van der Waals surface area contributed by atoms with Crippen LogP contribution in [0.3, 0.4) is 0 Å². The third-order valence-corrected chi connectivity index (χ3v) is 3.80. The van der Waals surface area contributed by atoms with E-state index in [1.54, 1.807) is 29.4 Å². The van der Waals surface area contributed by atoms with Crippen molar-refractivity contribution in [2.45, 2.75) is 39.2 Å². The molecule has 23 heavy (non-hydrogen) atoms. The lowest BCUT2D eigenvalue weighted by atomic mass is 10.1. The van der Waals surface area contributed by atoms with E-state index in [2.05, 4.69) is 11.9 Å². The van der Waals surface area contributed by atoms with Gasteiger partial charge < -0.3 is 4.90 Å². The van der Waals surface area contributed by atoms with Crippen LogP contribution in [0.2, 0.25) is 0 Å². The minimum absolute atomic E-state index is 0.118. The Morgan fingerprint density at radius 1 is 1.22 bits per heavy atom. The first-order valence-electron chi connectivity index (χ1n) is 8.10. The van der Waals surface area contributed by atoms with Crippen LogP contribution in [0.4, 0.5) is 4.39 Å². The topological polar surface area (TPSA) is 33.2 Å². The Morgan fingerprint density at radius 3 is 2.74 bits per heavy atom. The van der Waals surface area contributed by atoms with E-state index in [9.17, 15) is 9.18 Å². The maximum atomic E-state index is 13.8. The average Bonchev–Trinajstić information content (AvgIpc) is 2.58. The van der Waals surface area contributed by atoms with Crippen LogP contribution in [0.15, 0.2) is 48.8 Å². The summed E-state index contributed by atoms with van der Waals surface area (Å²) in [6.45, 7) is 3.10. The third kappa shape index (κ3) is 5.47. The first-order chi connectivity index (χ1) is 11.2. The van der Waals surface area contributed by atoms with Gasteiger partial charge >= 0.3 is 0 Å². The van der Waals surface area contributed by atoms with Crippen LogP contribution >= 0.6 is 0 Å². The van der Waals surface area contributed by atoms with Gasteiger partial charge in [0.2, 0.25) is 5.91 Å². The number of hydrogen-bond donors (Lipinski definition) is 0. The fourth-order valence-corrected chi connectivity index (χ4v) is 2.45. The maximum absolute atomic E-state index is 13.8. The van der Waals surface area contributed by atoms with E-state index >= 15 is 0 Å². The highest BCUT2D eigenvalue weighted by atomic mass is 19.1. The molecule has 4 heteroatoms. The molecule has 0 spiro atoms. The van der Waals surface area contributed by atoms with Gasteiger partial charge in [0.15, 0.2) is 0 Å². The molecular weight excluding hydrogens is 291 g/mol. The molecule has 2 aromatic rings. The molecule has 0 bridgehead atoms. The van der Waals surface area contributed by atoms with Crippen LogP contribution in [0.25, 0.3) is 0 Å². The molecule has 0 aliphatic carbocycles. The molecule has 0 fully saturated rings. The zero-order valence-corrected chi connectivity index (χ0v) is 13.5. The predicted molar refractivity (Wildman–Crippen MR) is 89.3 cm³/mol. The quantitative estimate of drug-likeness (QED) is 0.738. The Bertz CT molecular complexity index is 616. The molecule has 0 radical (unpaired) electrons. The summed E-state index contributed by atoms with van der Waals surface area (Å²) >= 11 is 0. The maximum Gasteiger partial charge on any atom is 0.222 e. The number of hydrogen-bond acceptors (Lipinski definition) is 2. The Morgan fingerprint density at radius 2 is 2.04 bits per heavy atom. The van der Waals surface area contributed by atoms with Crippen molar-refractivity contribution in [3.8, 4) is 0 Å². The van der Waals surface area contributed by atoms with Crippen LogP contribution in [0.1, 0.15) is 37.3 Å². The molecule has 0 aliphatic heterocycles. The Labute approximate surface area is 137 Å². The number of halogens is 1. The fourth-order valence-electron chi connectivity index (χ4n) is 2.45. The van der Waals surface area contributed by atoms with Gasteiger partial charge in [-0.05, 0) is 36.1 Å². The molecule has 1 aromatic heterocycles. The van der Waals surface area contributed by atoms with Crippen LogP contribution < -0.4 is 0 Å². The number of benzene rings is 1. The Kier molecular flexibility index (Phi) is 6.73. The highest BCUT2D eigenvalue weighted by Crippen LogP contribution is 2.12. The van der Waals surface area contributed by atoms with Crippen molar-refractivity contribution in [1.29, 1.82) is 0 Å². The van der Waals surface area contributed by atoms with Crippen LogP contribution in [-0.2, 0) is 17.8 Å². The first-order valence-corrected chi connectivity index (χ1v) is 8.10. The molecule has 0 unspecified atom stereocenters. The van der Waals surface area contributed by atoms with E-state index in [0.717, 1.165) is 18.4 Å². The lowest BCUT2D eigenvalue weighted by Crippen LogP contribution is -2.32. The molecule has 0 N–H and O–H groups in total. The number of amides is 1. The molecule has 1 heterocycles. The highest BCUT2D eigenvalue weighted by molar-refractivity contribution is 5.76. The van der Waals surface area contributed by atoms with Gasteiger partial charge in [-0.3, -0.25) is 9.78 Å². The molecule has 122 valence electrons. The predicted octanol–water partition coefficient (Wildman–Crippen LogP) is 3.98. The number of rotatable bonds is 8. The second-order valence-corrected chi connectivity index (χ2v) is 5.62. The van der Waals surface area contributed by atoms with Crippen molar-refractivity contribution in [2.75, 3.05) is 6.54 Å². The molecule has 0 atom stereocenters. The summed E-state index contributed by atoms with van der Waals surface area (Å²) in [6.07, 6.45) is 6.40. The highest BCUT2D eigenvalue weighted by Gasteiger charge is 2.14. The summed E-state index contributed by atoms with van der Waals surface area (Å²) in [5.41, 5.74) is 1.64.